The van der Waals surface area contributed by atoms with Gasteiger partial charge in [0.2, 0.25) is 5.91 Å². The molecule has 134 valence electrons. The van der Waals surface area contributed by atoms with E-state index in [-0.39, 0.29) is 5.91 Å². The van der Waals surface area contributed by atoms with Crippen LogP contribution >= 0.6 is 11.3 Å². The fourth-order valence-corrected chi connectivity index (χ4v) is 3.03. The van der Waals surface area contributed by atoms with Gasteiger partial charge in [-0.1, -0.05) is 18.2 Å². The van der Waals surface area contributed by atoms with E-state index in [0.29, 0.717) is 22.2 Å². The highest BCUT2D eigenvalue weighted by molar-refractivity contribution is 7.14. The molecule has 3 aromatic rings. The number of anilines is 3. The minimum absolute atomic E-state index is 0.154. The van der Waals surface area contributed by atoms with Gasteiger partial charge in [0.15, 0.2) is 5.13 Å². The van der Waals surface area contributed by atoms with Gasteiger partial charge in [-0.05, 0) is 30.3 Å². The first-order chi connectivity index (χ1) is 12.3. The Bertz CT molecular complexity index is 920. The smallest absolute Gasteiger partial charge is 0.332 e. The summed E-state index contributed by atoms with van der Waals surface area (Å²) in [5.41, 5.74) is 1.82. The number of hydrogen-bond acceptors (Lipinski definition) is 4. The van der Waals surface area contributed by atoms with Crippen molar-refractivity contribution in [3.05, 3.63) is 59.5 Å². The maximum absolute atomic E-state index is 12.8. The van der Waals surface area contributed by atoms with Crippen LogP contribution in [0.1, 0.15) is 12.5 Å². The van der Waals surface area contributed by atoms with Crippen molar-refractivity contribution >= 4 is 33.8 Å². The number of amides is 1. The van der Waals surface area contributed by atoms with Gasteiger partial charge in [-0.2, -0.15) is 13.2 Å². The lowest BCUT2D eigenvalue weighted by molar-refractivity contribution is -0.137. The van der Waals surface area contributed by atoms with Crippen LogP contribution in [-0.4, -0.2) is 10.9 Å². The van der Waals surface area contributed by atoms with Crippen LogP contribution in [0.2, 0.25) is 0 Å². The Kier molecular flexibility index (Phi) is 4.94. The third kappa shape index (κ3) is 4.40. The van der Waals surface area contributed by atoms with Gasteiger partial charge in [0, 0.05) is 29.2 Å². The molecule has 1 aromatic heterocycles. The third-order valence-corrected chi connectivity index (χ3v) is 4.20. The number of hydrogen-bond donors (Lipinski definition) is 2. The maximum Gasteiger partial charge on any atom is 0.416 e. The molecule has 0 saturated carbocycles. The third-order valence-electron chi connectivity index (χ3n) is 3.45. The molecule has 2 aromatic carbocycles. The standard InChI is InChI=1S/C18H14F3N3OS/c1-11(25)22-14-7-5-12(6-8-14)16-10-26-17(24-16)23-15-4-2-3-13(9-15)18(19,20)21/h2-10H,1H3,(H,22,25)(H,23,24). The van der Waals surface area contributed by atoms with Crippen LogP contribution in [-0.2, 0) is 11.0 Å². The first-order valence-electron chi connectivity index (χ1n) is 7.59. The van der Waals surface area contributed by atoms with E-state index in [1.165, 1.54) is 24.3 Å². The number of carbonyl (C=O) groups excluding carboxylic acids is 1. The Morgan fingerprint density at radius 1 is 1.08 bits per heavy atom. The van der Waals surface area contributed by atoms with Crippen molar-refractivity contribution in [3.63, 3.8) is 0 Å². The highest BCUT2D eigenvalue weighted by Crippen LogP contribution is 2.32. The van der Waals surface area contributed by atoms with Crippen molar-refractivity contribution in [2.45, 2.75) is 13.1 Å². The summed E-state index contributed by atoms with van der Waals surface area (Å²) >= 11 is 1.29. The Morgan fingerprint density at radius 3 is 2.46 bits per heavy atom. The van der Waals surface area contributed by atoms with Crippen molar-refractivity contribution in [2.75, 3.05) is 10.6 Å². The lowest BCUT2D eigenvalue weighted by atomic mass is 10.1. The second-order valence-electron chi connectivity index (χ2n) is 5.50. The molecule has 0 aliphatic heterocycles. The van der Waals surface area contributed by atoms with E-state index in [9.17, 15) is 18.0 Å². The number of carbonyl (C=O) groups is 1. The molecule has 0 aliphatic carbocycles. The minimum Gasteiger partial charge on any atom is -0.332 e. The van der Waals surface area contributed by atoms with E-state index in [4.69, 9.17) is 0 Å². The van der Waals surface area contributed by atoms with Gasteiger partial charge in [0.1, 0.15) is 0 Å². The van der Waals surface area contributed by atoms with Crippen molar-refractivity contribution < 1.29 is 18.0 Å². The zero-order valence-corrected chi connectivity index (χ0v) is 14.4. The van der Waals surface area contributed by atoms with Gasteiger partial charge in [-0.15, -0.1) is 11.3 Å². The Balaban J connectivity index is 1.75. The number of benzene rings is 2. The first kappa shape index (κ1) is 17.9. The molecule has 0 unspecified atom stereocenters. The number of thiazole rings is 1. The van der Waals surface area contributed by atoms with Crippen molar-refractivity contribution in [2.24, 2.45) is 0 Å². The van der Waals surface area contributed by atoms with E-state index < -0.39 is 11.7 Å². The first-order valence-corrected chi connectivity index (χ1v) is 8.47. The summed E-state index contributed by atoms with van der Waals surface area (Å²) in [6, 6.07) is 12.1. The average molecular weight is 377 g/mol. The van der Waals surface area contributed by atoms with Crippen LogP contribution in [0.3, 0.4) is 0 Å². The van der Waals surface area contributed by atoms with Gasteiger partial charge in [0.05, 0.1) is 11.3 Å². The molecule has 0 bridgehead atoms. The SMILES string of the molecule is CC(=O)Nc1ccc(-c2csc(Nc3cccc(C(F)(F)F)c3)n2)cc1. The molecule has 0 aliphatic rings. The van der Waals surface area contributed by atoms with Crippen LogP contribution in [0.15, 0.2) is 53.9 Å². The summed E-state index contributed by atoms with van der Waals surface area (Å²) in [5, 5.41) is 7.87. The number of nitrogens with zero attached hydrogens (tertiary/aromatic N) is 1. The van der Waals surface area contributed by atoms with Crippen LogP contribution in [0.4, 0.5) is 29.7 Å². The molecule has 2 N–H and O–H groups in total. The Hall–Kier alpha value is -2.87. The predicted molar refractivity (Wildman–Crippen MR) is 96.6 cm³/mol. The van der Waals surface area contributed by atoms with Crippen LogP contribution in [0.5, 0.6) is 0 Å². The number of alkyl halides is 3. The fraction of sp³-hybridized carbons (Fsp3) is 0.111. The average Bonchev–Trinajstić information content (AvgIpc) is 3.03. The summed E-state index contributed by atoms with van der Waals surface area (Å²) in [6.07, 6.45) is -4.39. The molecule has 0 saturated heterocycles. The molecule has 0 radical (unpaired) electrons. The van der Waals surface area contributed by atoms with Crippen molar-refractivity contribution in [3.8, 4) is 11.3 Å². The molecular formula is C18H14F3N3OS. The van der Waals surface area contributed by atoms with E-state index in [2.05, 4.69) is 15.6 Å². The molecule has 26 heavy (non-hydrogen) atoms. The van der Waals surface area contributed by atoms with Gasteiger partial charge in [-0.25, -0.2) is 4.98 Å². The lowest BCUT2D eigenvalue weighted by Gasteiger charge is -2.09. The highest BCUT2D eigenvalue weighted by Gasteiger charge is 2.30. The molecule has 1 heterocycles. The lowest BCUT2D eigenvalue weighted by Crippen LogP contribution is -2.05. The van der Waals surface area contributed by atoms with Crippen LogP contribution in [0.25, 0.3) is 11.3 Å². The fourth-order valence-electron chi connectivity index (χ4n) is 2.29. The molecule has 0 spiro atoms. The maximum atomic E-state index is 12.8. The van der Waals surface area contributed by atoms with E-state index in [1.54, 1.807) is 18.2 Å². The van der Waals surface area contributed by atoms with Gasteiger partial charge in [-0.3, -0.25) is 4.79 Å². The topological polar surface area (TPSA) is 54.0 Å². The van der Waals surface area contributed by atoms with E-state index in [0.717, 1.165) is 17.7 Å². The monoisotopic (exact) mass is 377 g/mol. The molecule has 4 nitrogen and oxygen atoms in total. The highest BCUT2D eigenvalue weighted by atomic mass is 32.1. The zero-order valence-electron chi connectivity index (χ0n) is 13.6. The van der Waals surface area contributed by atoms with E-state index in [1.807, 2.05) is 17.5 Å². The normalized spacial score (nSPS) is 11.2. The Labute approximate surface area is 151 Å². The number of rotatable bonds is 4. The van der Waals surface area contributed by atoms with E-state index >= 15 is 0 Å². The summed E-state index contributed by atoms with van der Waals surface area (Å²) in [6.45, 7) is 1.43. The molecule has 3 rings (SSSR count). The van der Waals surface area contributed by atoms with Crippen molar-refractivity contribution in [1.29, 1.82) is 0 Å². The van der Waals surface area contributed by atoms with Gasteiger partial charge in [0.25, 0.3) is 0 Å². The van der Waals surface area contributed by atoms with Gasteiger partial charge >= 0.3 is 6.18 Å². The predicted octanol–water partition coefficient (Wildman–Crippen LogP) is 5.53. The second kappa shape index (κ2) is 7.17. The molecule has 0 atom stereocenters. The largest absolute Gasteiger partial charge is 0.416 e. The number of nitrogens with one attached hydrogen (secondary N) is 2. The summed E-state index contributed by atoms with van der Waals surface area (Å²) < 4.78 is 38.3. The number of aromatic nitrogens is 1. The quantitative estimate of drug-likeness (QED) is 0.628. The molecule has 8 heteroatoms. The van der Waals surface area contributed by atoms with Crippen LogP contribution < -0.4 is 10.6 Å². The summed E-state index contributed by atoms with van der Waals surface area (Å²) in [4.78, 5) is 15.4. The Morgan fingerprint density at radius 2 is 1.81 bits per heavy atom. The summed E-state index contributed by atoms with van der Waals surface area (Å²) in [7, 11) is 0. The molecular weight excluding hydrogens is 363 g/mol. The molecule has 0 fully saturated rings. The minimum atomic E-state index is -4.39. The zero-order chi connectivity index (χ0) is 18.7. The van der Waals surface area contributed by atoms with Gasteiger partial charge < -0.3 is 10.6 Å². The molecule has 1 amide bonds. The number of halogens is 3. The summed E-state index contributed by atoms with van der Waals surface area (Å²) in [5.74, 6) is -0.154. The second-order valence-corrected chi connectivity index (χ2v) is 6.36. The van der Waals surface area contributed by atoms with Crippen LogP contribution in [0, 0.1) is 0 Å². The van der Waals surface area contributed by atoms with Crippen molar-refractivity contribution in [1.82, 2.24) is 4.98 Å².